The molecular weight excluding hydrogens is 232 g/mol. The van der Waals surface area contributed by atoms with Crippen LogP contribution >= 0.6 is 0 Å². The van der Waals surface area contributed by atoms with Crippen LogP contribution in [0.3, 0.4) is 0 Å². The molecule has 0 spiro atoms. The summed E-state index contributed by atoms with van der Waals surface area (Å²) in [6.45, 7) is 0.838. The summed E-state index contributed by atoms with van der Waals surface area (Å²) in [4.78, 5) is 0. The summed E-state index contributed by atoms with van der Waals surface area (Å²) >= 11 is 0. The second kappa shape index (κ2) is 7.75. The molecule has 1 nitrogen and oxygen atoms in total. The largest absolute Gasteiger partial charge is 0.385 e. The van der Waals surface area contributed by atoms with E-state index in [1.807, 2.05) is 0 Å². The van der Waals surface area contributed by atoms with Crippen molar-refractivity contribution in [2.75, 3.05) is 13.7 Å². The number of ether oxygens (including phenoxy) is 1. The van der Waals surface area contributed by atoms with Crippen LogP contribution in [0.15, 0.2) is 60.7 Å². The Kier molecular flexibility index (Phi) is 5.64. The van der Waals surface area contributed by atoms with Gasteiger partial charge in [0.25, 0.3) is 0 Å². The minimum atomic E-state index is 0.643. The highest BCUT2D eigenvalue weighted by Gasteiger charge is 2.10. The van der Waals surface area contributed by atoms with Crippen molar-refractivity contribution in [3.8, 4) is 0 Å². The van der Waals surface area contributed by atoms with Gasteiger partial charge in [0.05, 0.1) is 0 Å². The minimum Gasteiger partial charge on any atom is -0.385 e. The van der Waals surface area contributed by atoms with Gasteiger partial charge in [-0.2, -0.15) is 0 Å². The first-order chi connectivity index (χ1) is 9.38. The second-order valence-corrected chi connectivity index (χ2v) is 5.03. The molecule has 0 saturated carbocycles. The molecule has 0 aliphatic heterocycles. The standard InChI is InChI=1S/C18H22O/c1-19-13-12-18(14-16-8-4-2-5-9-16)15-17-10-6-3-7-11-17/h2-11,18H,12-15H2,1H3. The Morgan fingerprint density at radius 3 is 1.68 bits per heavy atom. The van der Waals surface area contributed by atoms with Gasteiger partial charge in [0.2, 0.25) is 0 Å². The van der Waals surface area contributed by atoms with Crippen LogP contribution in [0.5, 0.6) is 0 Å². The number of hydrogen-bond acceptors (Lipinski definition) is 1. The lowest BCUT2D eigenvalue weighted by Crippen LogP contribution is -2.11. The van der Waals surface area contributed by atoms with E-state index in [4.69, 9.17) is 4.74 Å². The molecule has 0 unspecified atom stereocenters. The predicted molar refractivity (Wildman–Crippen MR) is 80.3 cm³/mol. The smallest absolute Gasteiger partial charge is 0.0465 e. The van der Waals surface area contributed by atoms with Gasteiger partial charge in [-0.25, -0.2) is 0 Å². The molecule has 1 heteroatoms. The fourth-order valence-electron chi connectivity index (χ4n) is 2.46. The molecule has 100 valence electrons. The zero-order chi connectivity index (χ0) is 13.3. The van der Waals surface area contributed by atoms with E-state index in [1.165, 1.54) is 11.1 Å². The summed E-state index contributed by atoms with van der Waals surface area (Å²) in [7, 11) is 1.78. The van der Waals surface area contributed by atoms with E-state index < -0.39 is 0 Å². The number of hydrogen-bond donors (Lipinski definition) is 0. The molecule has 0 saturated heterocycles. The highest BCUT2D eigenvalue weighted by atomic mass is 16.5. The molecule has 0 bridgehead atoms. The Hall–Kier alpha value is -1.60. The summed E-state index contributed by atoms with van der Waals surface area (Å²) < 4.78 is 5.25. The lowest BCUT2D eigenvalue weighted by atomic mass is 9.90. The molecule has 0 heterocycles. The van der Waals surface area contributed by atoms with Gasteiger partial charge in [-0.3, -0.25) is 0 Å². The fourth-order valence-corrected chi connectivity index (χ4v) is 2.46. The first kappa shape index (κ1) is 13.8. The quantitative estimate of drug-likeness (QED) is 0.722. The van der Waals surface area contributed by atoms with Crippen LogP contribution in [0.2, 0.25) is 0 Å². The lowest BCUT2D eigenvalue weighted by Gasteiger charge is -2.17. The Balaban J connectivity index is 1.99. The molecule has 19 heavy (non-hydrogen) atoms. The van der Waals surface area contributed by atoms with Crippen molar-refractivity contribution in [3.05, 3.63) is 71.8 Å². The number of methoxy groups -OCH3 is 1. The molecule has 2 rings (SSSR count). The molecule has 2 aromatic rings. The fraction of sp³-hybridized carbons (Fsp3) is 0.333. The highest BCUT2D eigenvalue weighted by molar-refractivity contribution is 5.18. The van der Waals surface area contributed by atoms with Crippen LogP contribution in [-0.4, -0.2) is 13.7 Å². The molecule has 0 N–H and O–H groups in total. The maximum Gasteiger partial charge on any atom is 0.0465 e. The van der Waals surface area contributed by atoms with E-state index in [9.17, 15) is 0 Å². The molecule has 0 amide bonds. The van der Waals surface area contributed by atoms with Crippen LogP contribution in [0.4, 0.5) is 0 Å². The third-order valence-corrected chi connectivity index (χ3v) is 3.46. The van der Waals surface area contributed by atoms with Crippen molar-refractivity contribution >= 4 is 0 Å². The van der Waals surface area contributed by atoms with E-state index in [2.05, 4.69) is 60.7 Å². The second-order valence-electron chi connectivity index (χ2n) is 5.03. The average Bonchev–Trinajstić information content (AvgIpc) is 2.47. The Morgan fingerprint density at radius 2 is 1.26 bits per heavy atom. The van der Waals surface area contributed by atoms with Crippen LogP contribution in [-0.2, 0) is 17.6 Å². The van der Waals surface area contributed by atoms with Crippen molar-refractivity contribution in [1.82, 2.24) is 0 Å². The summed E-state index contributed by atoms with van der Waals surface area (Å²) in [5.41, 5.74) is 2.83. The van der Waals surface area contributed by atoms with Gasteiger partial charge in [-0.15, -0.1) is 0 Å². The van der Waals surface area contributed by atoms with E-state index >= 15 is 0 Å². The SMILES string of the molecule is COCCC(Cc1ccccc1)Cc1ccccc1. The topological polar surface area (TPSA) is 9.23 Å². The molecule has 0 aliphatic rings. The Labute approximate surface area is 116 Å². The normalized spacial score (nSPS) is 10.8. The third kappa shape index (κ3) is 4.88. The molecule has 0 aromatic heterocycles. The van der Waals surface area contributed by atoms with Gasteiger partial charge in [0.1, 0.15) is 0 Å². The van der Waals surface area contributed by atoms with E-state index in [0.717, 1.165) is 25.9 Å². The zero-order valence-corrected chi connectivity index (χ0v) is 11.6. The molecule has 0 fully saturated rings. The molecular formula is C18H22O. The van der Waals surface area contributed by atoms with Gasteiger partial charge >= 0.3 is 0 Å². The highest BCUT2D eigenvalue weighted by Crippen LogP contribution is 2.18. The van der Waals surface area contributed by atoms with E-state index in [0.29, 0.717) is 5.92 Å². The zero-order valence-electron chi connectivity index (χ0n) is 11.6. The van der Waals surface area contributed by atoms with Crippen molar-refractivity contribution < 1.29 is 4.74 Å². The number of rotatable bonds is 7. The van der Waals surface area contributed by atoms with Gasteiger partial charge < -0.3 is 4.74 Å². The van der Waals surface area contributed by atoms with Crippen LogP contribution in [0.25, 0.3) is 0 Å². The molecule has 2 aromatic carbocycles. The predicted octanol–water partition coefficient (Wildman–Crippen LogP) is 4.12. The average molecular weight is 254 g/mol. The molecule has 0 atom stereocenters. The van der Waals surface area contributed by atoms with E-state index in [1.54, 1.807) is 7.11 Å². The summed E-state index contributed by atoms with van der Waals surface area (Å²) in [5, 5.41) is 0. The monoisotopic (exact) mass is 254 g/mol. The van der Waals surface area contributed by atoms with Gasteiger partial charge in [-0.1, -0.05) is 60.7 Å². The van der Waals surface area contributed by atoms with Crippen molar-refractivity contribution in [2.45, 2.75) is 19.3 Å². The number of benzene rings is 2. The molecule has 0 radical (unpaired) electrons. The summed E-state index contributed by atoms with van der Waals surface area (Å²) in [5.74, 6) is 0.643. The van der Waals surface area contributed by atoms with Crippen molar-refractivity contribution in [3.63, 3.8) is 0 Å². The van der Waals surface area contributed by atoms with Crippen LogP contribution < -0.4 is 0 Å². The lowest BCUT2D eigenvalue weighted by molar-refractivity contribution is 0.177. The minimum absolute atomic E-state index is 0.643. The molecule has 0 aliphatic carbocycles. The van der Waals surface area contributed by atoms with Crippen LogP contribution in [0.1, 0.15) is 17.5 Å². The van der Waals surface area contributed by atoms with Crippen molar-refractivity contribution in [2.24, 2.45) is 5.92 Å². The van der Waals surface area contributed by atoms with Crippen molar-refractivity contribution in [1.29, 1.82) is 0 Å². The van der Waals surface area contributed by atoms with Crippen LogP contribution in [0, 0.1) is 5.92 Å². The maximum absolute atomic E-state index is 5.25. The maximum atomic E-state index is 5.25. The van der Waals surface area contributed by atoms with Gasteiger partial charge in [0, 0.05) is 13.7 Å². The first-order valence-electron chi connectivity index (χ1n) is 6.95. The summed E-state index contributed by atoms with van der Waals surface area (Å²) in [6, 6.07) is 21.5. The Morgan fingerprint density at radius 1 is 0.789 bits per heavy atom. The first-order valence-corrected chi connectivity index (χ1v) is 6.95. The third-order valence-electron chi connectivity index (χ3n) is 3.46. The van der Waals surface area contributed by atoms with Gasteiger partial charge in [-0.05, 0) is 36.3 Å². The van der Waals surface area contributed by atoms with Gasteiger partial charge in [0.15, 0.2) is 0 Å². The Bertz CT molecular complexity index is 408. The summed E-state index contributed by atoms with van der Waals surface area (Å²) in [6.07, 6.45) is 3.36. The van der Waals surface area contributed by atoms with E-state index in [-0.39, 0.29) is 0 Å².